The molecule has 0 heterocycles. The second kappa shape index (κ2) is 8.08. The number of alkyl halides is 6. The van der Waals surface area contributed by atoms with Crippen molar-refractivity contribution in [2.75, 3.05) is 6.61 Å². The highest BCUT2D eigenvalue weighted by atomic mass is 35.5. The Morgan fingerprint density at radius 1 is 1.00 bits per heavy atom. The molecule has 16 heteroatoms. The van der Waals surface area contributed by atoms with Crippen molar-refractivity contribution in [1.29, 1.82) is 0 Å². The molecule has 0 radical (unpaired) electrons. The first-order valence-electron chi connectivity index (χ1n) is 6.46. The Morgan fingerprint density at radius 2 is 1.44 bits per heavy atom. The highest BCUT2D eigenvalue weighted by Gasteiger charge is 2.61. The zero-order chi connectivity index (χ0) is 21.3. The van der Waals surface area contributed by atoms with E-state index in [1.165, 1.54) is 0 Å². The molecular formula is C11H10ClF6NO6S2. The smallest absolute Gasteiger partial charge is 0.264 e. The summed E-state index contributed by atoms with van der Waals surface area (Å²) in [4.78, 5) is -0.744. The maximum absolute atomic E-state index is 12.9. The lowest BCUT2D eigenvalue weighted by Gasteiger charge is -2.30. The summed E-state index contributed by atoms with van der Waals surface area (Å²) in [6, 6.07) is 0.436. The molecule has 2 N–H and O–H groups in total. The minimum absolute atomic E-state index is 0.0312. The average Bonchev–Trinajstić information content (AvgIpc) is 2.41. The number of halogens is 7. The molecule has 0 amide bonds. The van der Waals surface area contributed by atoms with Crippen molar-refractivity contribution in [1.82, 2.24) is 4.72 Å². The molecule has 156 valence electrons. The van der Waals surface area contributed by atoms with Gasteiger partial charge in [-0.2, -0.15) is 34.8 Å². The van der Waals surface area contributed by atoms with Gasteiger partial charge in [0.2, 0.25) is 10.0 Å². The van der Waals surface area contributed by atoms with Gasteiger partial charge in [-0.3, -0.25) is 4.55 Å². The third-order valence-electron chi connectivity index (χ3n) is 2.93. The van der Waals surface area contributed by atoms with Crippen LogP contribution in [0.15, 0.2) is 29.2 Å². The third-order valence-corrected chi connectivity index (χ3v) is 5.13. The van der Waals surface area contributed by atoms with E-state index >= 15 is 0 Å². The van der Waals surface area contributed by atoms with Gasteiger partial charge in [-0.1, -0.05) is 11.6 Å². The van der Waals surface area contributed by atoms with Gasteiger partial charge in [0.05, 0.1) is 17.5 Å². The molecule has 0 saturated carbocycles. The predicted molar refractivity (Wildman–Crippen MR) is 78.7 cm³/mol. The number of rotatable bonds is 7. The molecule has 1 rings (SSSR count). The van der Waals surface area contributed by atoms with Gasteiger partial charge in [-0.15, -0.1) is 0 Å². The maximum atomic E-state index is 12.9. The standard InChI is InChI=1S/C11H10ClF6NO6S2/c12-6-1-3-7(4-2-6)26(20,21)19-8(5-25-27(22,23)24)9(10(13,14)15)11(16,17)18/h1-4,8-9,19H,5H2,(H,22,23,24)/t8-/m0/s1. The van der Waals surface area contributed by atoms with Crippen LogP contribution in [0.4, 0.5) is 26.3 Å². The fraction of sp³-hybridized carbons (Fsp3) is 0.455. The monoisotopic (exact) mass is 465 g/mol. The Bertz CT molecular complexity index is 839. The fourth-order valence-electron chi connectivity index (χ4n) is 1.88. The molecule has 0 bridgehead atoms. The summed E-state index contributed by atoms with van der Waals surface area (Å²) < 4.78 is 135. The van der Waals surface area contributed by atoms with Crippen molar-refractivity contribution in [2.45, 2.75) is 23.3 Å². The molecule has 0 aliphatic rings. The van der Waals surface area contributed by atoms with Gasteiger partial charge in [0.15, 0.2) is 5.92 Å². The number of hydrogen-bond acceptors (Lipinski definition) is 5. The van der Waals surface area contributed by atoms with Crippen molar-refractivity contribution in [2.24, 2.45) is 5.92 Å². The van der Waals surface area contributed by atoms with E-state index < -0.39 is 56.2 Å². The lowest BCUT2D eigenvalue weighted by atomic mass is 10.00. The van der Waals surface area contributed by atoms with Gasteiger partial charge in [-0.25, -0.2) is 17.3 Å². The maximum Gasteiger partial charge on any atom is 0.402 e. The molecule has 27 heavy (non-hydrogen) atoms. The summed E-state index contributed by atoms with van der Waals surface area (Å²) in [5, 5.41) is 0.0312. The molecule has 0 aromatic heterocycles. The molecule has 0 saturated heterocycles. The van der Waals surface area contributed by atoms with Crippen molar-refractivity contribution >= 4 is 32.0 Å². The molecule has 0 spiro atoms. The number of nitrogens with one attached hydrogen (secondary N) is 1. The van der Waals surface area contributed by atoms with Crippen LogP contribution >= 0.6 is 11.6 Å². The van der Waals surface area contributed by atoms with Crippen molar-refractivity contribution < 1.29 is 51.9 Å². The summed E-state index contributed by atoms with van der Waals surface area (Å²) in [5.74, 6) is -4.33. The number of sulfonamides is 1. The summed E-state index contributed by atoms with van der Waals surface area (Å²) in [6.07, 6.45) is -12.0. The van der Waals surface area contributed by atoms with Crippen LogP contribution in [0.3, 0.4) is 0 Å². The SMILES string of the molecule is O=S(=O)(O)OC[C@H](NS(=O)(=O)c1ccc(Cl)cc1)C(C(F)(F)F)C(F)(F)F. The van der Waals surface area contributed by atoms with Gasteiger partial charge in [0.1, 0.15) is 0 Å². The Kier molecular flexibility index (Phi) is 7.16. The van der Waals surface area contributed by atoms with Crippen molar-refractivity contribution in [3.05, 3.63) is 29.3 Å². The van der Waals surface area contributed by atoms with Crippen LogP contribution in [0.1, 0.15) is 0 Å². The molecule has 0 unspecified atom stereocenters. The lowest BCUT2D eigenvalue weighted by molar-refractivity contribution is -0.291. The van der Waals surface area contributed by atoms with E-state index in [9.17, 15) is 43.2 Å². The molecule has 7 nitrogen and oxygen atoms in total. The Morgan fingerprint density at radius 3 is 1.81 bits per heavy atom. The van der Waals surface area contributed by atoms with E-state index in [2.05, 4.69) is 4.18 Å². The minimum Gasteiger partial charge on any atom is -0.264 e. The van der Waals surface area contributed by atoms with Crippen LogP contribution in [-0.2, 0) is 24.6 Å². The van der Waals surface area contributed by atoms with E-state index in [0.29, 0.717) is 0 Å². The van der Waals surface area contributed by atoms with Gasteiger partial charge in [0, 0.05) is 5.02 Å². The lowest BCUT2D eigenvalue weighted by Crippen LogP contribution is -2.54. The van der Waals surface area contributed by atoms with Gasteiger partial charge < -0.3 is 0 Å². The van der Waals surface area contributed by atoms with E-state index in [0.717, 1.165) is 29.0 Å². The molecule has 1 aromatic rings. The van der Waals surface area contributed by atoms with Crippen molar-refractivity contribution in [3.8, 4) is 0 Å². The minimum atomic E-state index is -6.02. The molecular weight excluding hydrogens is 456 g/mol. The van der Waals surface area contributed by atoms with Gasteiger partial charge in [-0.05, 0) is 24.3 Å². The van der Waals surface area contributed by atoms with Gasteiger partial charge >= 0.3 is 22.8 Å². The third kappa shape index (κ3) is 7.42. The number of benzene rings is 1. The first kappa shape index (κ1) is 23.9. The van der Waals surface area contributed by atoms with Crippen LogP contribution < -0.4 is 4.72 Å². The van der Waals surface area contributed by atoms with Crippen LogP contribution in [-0.4, -0.2) is 46.4 Å². The highest BCUT2D eigenvalue weighted by molar-refractivity contribution is 7.89. The molecule has 0 aliphatic heterocycles. The van der Waals surface area contributed by atoms with Gasteiger partial charge in [0.25, 0.3) is 0 Å². The quantitative estimate of drug-likeness (QED) is 0.473. The summed E-state index contributed by atoms with van der Waals surface area (Å²) in [7, 11) is -10.4. The molecule has 1 atom stereocenters. The molecule has 0 aliphatic carbocycles. The summed E-state index contributed by atoms with van der Waals surface area (Å²) in [5.41, 5.74) is 0. The Hall–Kier alpha value is -1.13. The molecule has 1 aromatic carbocycles. The van der Waals surface area contributed by atoms with Crippen LogP contribution in [0.25, 0.3) is 0 Å². The highest BCUT2D eigenvalue weighted by Crippen LogP contribution is 2.42. The van der Waals surface area contributed by atoms with Crippen LogP contribution in [0.2, 0.25) is 5.02 Å². The first-order chi connectivity index (χ1) is 11.9. The Labute approximate surface area is 154 Å². The second-order valence-electron chi connectivity index (χ2n) is 4.95. The fourth-order valence-corrected chi connectivity index (χ4v) is 3.56. The average molecular weight is 466 g/mol. The topological polar surface area (TPSA) is 110 Å². The largest absolute Gasteiger partial charge is 0.402 e. The normalized spacial score (nSPS) is 15.1. The number of hydrogen-bond donors (Lipinski definition) is 2. The summed E-state index contributed by atoms with van der Waals surface area (Å²) in [6.45, 7) is -1.98. The molecule has 0 fully saturated rings. The second-order valence-corrected chi connectivity index (χ2v) is 8.20. The van der Waals surface area contributed by atoms with E-state index in [4.69, 9.17) is 16.2 Å². The van der Waals surface area contributed by atoms with E-state index in [1.54, 1.807) is 0 Å². The van der Waals surface area contributed by atoms with E-state index in [1.807, 2.05) is 0 Å². The first-order valence-corrected chi connectivity index (χ1v) is 9.69. The van der Waals surface area contributed by atoms with Crippen molar-refractivity contribution in [3.63, 3.8) is 0 Å². The predicted octanol–water partition coefficient (Wildman–Crippen LogP) is 2.55. The Balaban J connectivity index is 3.34. The summed E-state index contributed by atoms with van der Waals surface area (Å²) >= 11 is 5.51. The zero-order valence-electron chi connectivity index (χ0n) is 12.6. The van der Waals surface area contributed by atoms with E-state index in [-0.39, 0.29) is 5.02 Å². The zero-order valence-corrected chi connectivity index (χ0v) is 15.0. The van der Waals surface area contributed by atoms with Crippen LogP contribution in [0, 0.1) is 5.92 Å². The van der Waals surface area contributed by atoms with Crippen LogP contribution in [0.5, 0.6) is 0 Å².